The molecular formula is C42H56O6Se2. The van der Waals surface area contributed by atoms with Gasteiger partial charge in [0.05, 0.1) is 0 Å². The van der Waals surface area contributed by atoms with Gasteiger partial charge in [0.1, 0.15) is 0 Å². The van der Waals surface area contributed by atoms with Crippen LogP contribution in [0.1, 0.15) is 119 Å². The van der Waals surface area contributed by atoms with Crippen molar-refractivity contribution in [3.05, 3.63) is 12.1 Å². The second-order valence-corrected chi connectivity index (χ2v) is 17.7. The second kappa shape index (κ2) is 17.8. The first kappa shape index (κ1) is 37.3. The van der Waals surface area contributed by atoms with Gasteiger partial charge < -0.3 is 0 Å². The number of benzene rings is 4. The Kier molecular flexibility index (Phi) is 13.3. The molecule has 0 aliphatic rings. The first-order valence-electron chi connectivity index (χ1n) is 19.4. The van der Waals surface area contributed by atoms with Crippen LogP contribution in [0.2, 0.25) is 0 Å². The third-order valence-electron chi connectivity index (χ3n) is 9.41. The number of ether oxygens (including phenoxy) is 6. The molecule has 0 spiro atoms. The van der Waals surface area contributed by atoms with Crippen LogP contribution in [0, 0.1) is 0 Å². The first-order valence-corrected chi connectivity index (χ1v) is 22.8. The minimum absolute atomic E-state index is 0.0523. The zero-order chi connectivity index (χ0) is 35.0. The van der Waals surface area contributed by atoms with Gasteiger partial charge in [-0.25, -0.2) is 0 Å². The van der Waals surface area contributed by atoms with Gasteiger partial charge in [0.2, 0.25) is 0 Å². The Morgan fingerprint density at radius 1 is 0.360 bits per heavy atom. The Hall–Kier alpha value is -2.50. The molecule has 6 aromatic rings. The fourth-order valence-electron chi connectivity index (χ4n) is 6.56. The van der Waals surface area contributed by atoms with Crippen molar-refractivity contribution in [1.82, 2.24) is 0 Å². The molecule has 6 nitrogen and oxygen atoms in total. The van der Waals surface area contributed by atoms with E-state index in [4.69, 9.17) is 28.4 Å². The minimum atomic E-state index is -0.0523. The van der Waals surface area contributed by atoms with Crippen molar-refractivity contribution >= 4 is 78.4 Å². The summed E-state index contributed by atoms with van der Waals surface area (Å²) in [4.78, 5) is 0. The van der Waals surface area contributed by atoms with Gasteiger partial charge >= 0.3 is 312 Å². The van der Waals surface area contributed by atoms with Crippen LogP contribution < -0.4 is 28.4 Å². The zero-order valence-corrected chi connectivity index (χ0v) is 34.6. The monoisotopic (exact) mass is 816 g/mol. The summed E-state index contributed by atoms with van der Waals surface area (Å²) < 4.78 is 45.5. The van der Waals surface area contributed by atoms with E-state index < -0.39 is 0 Å². The number of fused-ring (bicyclic) bond motifs is 1. The number of rotatable bonds is 24. The molecular weight excluding hydrogens is 758 g/mol. The van der Waals surface area contributed by atoms with E-state index in [0.717, 1.165) is 112 Å². The van der Waals surface area contributed by atoms with Crippen molar-refractivity contribution < 1.29 is 28.4 Å². The predicted octanol–water partition coefficient (Wildman–Crippen LogP) is 11.5. The standard InChI is InChI=1S/C42H56O6Se2/c1-7-13-19-43-29-25-27-28-26-30(44-20-14-8-2)36(46-22-16-10-4)40-32(28)34-33-31(27)39(35(29)45-21-15-9-3)49-41(33)37(47-23-17-11-5)38(42(34)50-40)48-24-18-12-6/h25-26H,7-24H2,1-6H3. The molecule has 0 amide bonds. The van der Waals surface area contributed by atoms with Crippen molar-refractivity contribution in [2.45, 2.75) is 119 Å². The van der Waals surface area contributed by atoms with E-state index in [1.54, 1.807) is 0 Å². The van der Waals surface area contributed by atoms with Gasteiger partial charge in [-0.15, -0.1) is 0 Å². The van der Waals surface area contributed by atoms with Crippen molar-refractivity contribution in [2.75, 3.05) is 39.6 Å². The first-order chi connectivity index (χ1) is 24.6. The van der Waals surface area contributed by atoms with E-state index in [0.29, 0.717) is 39.6 Å². The average Bonchev–Trinajstić information content (AvgIpc) is 3.71. The van der Waals surface area contributed by atoms with Crippen LogP contribution in [0.15, 0.2) is 12.1 Å². The quantitative estimate of drug-likeness (QED) is 0.0345. The molecule has 2 aromatic heterocycles. The average molecular weight is 815 g/mol. The maximum absolute atomic E-state index is 6.84. The Morgan fingerprint density at radius 2 is 0.640 bits per heavy atom. The normalized spacial score (nSPS) is 12.0. The Labute approximate surface area is 310 Å². The summed E-state index contributed by atoms with van der Waals surface area (Å²) in [7, 11) is 0. The molecule has 0 saturated carbocycles. The second-order valence-electron chi connectivity index (χ2n) is 13.4. The van der Waals surface area contributed by atoms with E-state index in [1.807, 2.05) is 0 Å². The van der Waals surface area contributed by atoms with Crippen LogP contribution in [0.3, 0.4) is 0 Å². The summed E-state index contributed by atoms with van der Waals surface area (Å²) in [6.45, 7) is 17.4. The van der Waals surface area contributed by atoms with Gasteiger partial charge in [-0.05, 0) is 0 Å². The van der Waals surface area contributed by atoms with E-state index in [-0.39, 0.29) is 29.0 Å². The van der Waals surface area contributed by atoms with Crippen LogP contribution in [0.4, 0.5) is 0 Å². The van der Waals surface area contributed by atoms with Crippen LogP contribution in [-0.2, 0) is 0 Å². The molecule has 0 unspecified atom stereocenters. The SMILES string of the molecule is CCCCOc1cc2c3cc(OCCCC)c(OCCCC)c4[se]c5c(OCCCC)c(OCCCC)c6[se]c(c1OCCCC)c2c6c5c43. The van der Waals surface area contributed by atoms with Gasteiger partial charge in [-0.3, -0.25) is 0 Å². The van der Waals surface area contributed by atoms with Crippen LogP contribution in [-0.4, -0.2) is 68.6 Å². The molecule has 0 atom stereocenters. The van der Waals surface area contributed by atoms with Crippen LogP contribution >= 0.6 is 0 Å². The third-order valence-corrected chi connectivity index (χ3v) is 14.4. The van der Waals surface area contributed by atoms with Gasteiger partial charge in [0, 0.05) is 0 Å². The number of hydrogen-bond donors (Lipinski definition) is 0. The fraction of sp³-hybridized carbons (Fsp3) is 0.571. The van der Waals surface area contributed by atoms with Crippen molar-refractivity contribution in [1.29, 1.82) is 0 Å². The van der Waals surface area contributed by atoms with Gasteiger partial charge in [-0.2, -0.15) is 0 Å². The molecule has 0 N–H and O–H groups in total. The van der Waals surface area contributed by atoms with Gasteiger partial charge in [0.25, 0.3) is 0 Å². The van der Waals surface area contributed by atoms with Crippen LogP contribution in [0.25, 0.3) is 49.4 Å². The molecule has 0 radical (unpaired) electrons. The topological polar surface area (TPSA) is 55.4 Å². The van der Waals surface area contributed by atoms with Crippen molar-refractivity contribution in [3.63, 3.8) is 0 Å². The molecule has 2 heterocycles. The Morgan fingerprint density at radius 3 is 0.960 bits per heavy atom. The molecule has 0 saturated heterocycles. The molecule has 50 heavy (non-hydrogen) atoms. The van der Waals surface area contributed by atoms with Gasteiger partial charge in [-0.1, -0.05) is 0 Å². The van der Waals surface area contributed by atoms with Crippen molar-refractivity contribution in [2.24, 2.45) is 0 Å². The van der Waals surface area contributed by atoms with Crippen LogP contribution in [0.5, 0.6) is 34.5 Å². The Balaban J connectivity index is 1.74. The predicted molar refractivity (Wildman–Crippen MR) is 213 cm³/mol. The summed E-state index contributed by atoms with van der Waals surface area (Å²) >= 11 is -0.105. The zero-order valence-electron chi connectivity index (χ0n) is 31.1. The molecule has 4 aromatic carbocycles. The molecule has 0 aliphatic heterocycles. The summed E-state index contributed by atoms with van der Waals surface area (Å²) in [5.74, 6) is 5.51. The summed E-state index contributed by atoms with van der Waals surface area (Å²) in [6.07, 6.45) is 12.5. The summed E-state index contributed by atoms with van der Waals surface area (Å²) in [6, 6.07) is 4.56. The number of unbranched alkanes of at least 4 members (excludes halogenated alkanes) is 6. The maximum atomic E-state index is 6.84. The van der Waals surface area contributed by atoms with E-state index in [9.17, 15) is 0 Å². The molecule has 8 heteroatoms. The molecule has 272 valence electrons. The summed E-state index contributed by atoms with van der Waals surface area (Å²) in [5.41, 5.74) is 0. The molecule has 0 fully saturated rings. The fourth-order valence-corrected chi connectivity index (χ4v) is 12.1. The molecule has 0 bridgehead atoms. The van der Waals surface area contributed by atoms with E-state index in [1.165, 1.54) is 49.4 Å². The van der Waals surface area contributed by atoms with Gasteiger partial charge in [0.15, 0.2) is 0 Å². The molecule has 0 aliphatic carbocycles. The van der Waals surface area contributed by atoms with E-state index in [2.05, 4.69) is 53.7 Å². The third kappa shape index (κ3) is 7.25. The van der Waals surface area contributed by atoms with E-state index >= 15 is 0 Å². The molecule has 6 rings (SSSR count). The summed E-state index contributed by atoms with van der Waals surface area (Å²) in [5, 5.41) is 7.74. The van der Waals surface area contributed by atoms with Crippen molar-refractivity contribution in [3.8, 4) is 34.5 Å². The Bertz CT molecular complexity index is 1820. The number of hydrogen-bond acceptors (Lipinski definition) is 6.